The third-order valence-electron chi connectivity index (χ3n) is 2.78. The number of Topliss-reactive ketones (excluding diaryl/α,β-unsaturated/α-hetero) is 1. The molecule has 23 heavy (non-hydrogen) atoms. The molecule has 0 radical (unpaired) electrons. The monoisotopic (exact) mass is 405 g/mol. The number of benzene rings is 1. The number of hydrogen-bond acceptors (Lipinski definition) is 5. The minimum atomic E-state index is -3.52. The predicted octanol–water partition coefficient (Wildman–Crippen LogP) is 2.34. The highest BCUT2D eigenvalue weighted by molar-refractivity contribution is 9.10. The van der Waals surface area contributed by atoms with E-state index < -0.39 is 27.8 Å². The first-order chi connectivity index (χ1) is 10.6. The van der Waals surface area contributed by atoms with Crippen LogP contribution in [0.1, 0.15) is 38.3 Å². The molecule has 6 nitrogen and oxygen atoms in total. The molecule has 1 aromatic rings. The van der Waals surface area contributed by atoms with Gasteiger partial charge in [-0.15, -0.1) is 0 Å². The summed E-state index contributed by atoms with van der Waals surface area (Å²) in [6, 6.07) is 6.25. The number of halogens is 1. The number of carbonyl (C=O) groups excluding carboxylic acids is 2. The summed E-state index contributed by atoms with van der Waals surface area (Å²) in [5.74, 6) is -1.01. The highest BCUT2D eigenvalue weighted by Crippen LogP contribution is 2.26. The number of nitrogens with one attached hydrogen (secondary N) is 1. The zero-order valence-electron chi connectivity index (χ0n) is 13.2. The molecule has 1 N–H and O–H groups in total. The molecule has 0 saturated carbocycles. The summed E-state index contributed by atoms with van der Waals surface area (Å²) in [7, 11) is -3.52. The molecule has 0 bridgehead atoms. The fourth-order valence-corrected chi connectivity index (χ4v) is 3.28. The van der Waals surface area contributed by atoms with Crippen LogP contribution in [0.5, 0.6) is 0 Å². The summed E-state index contributed by atoms with van der Waals surface area (Å²) in [6.07, 6.45) is 0.199. The van der Waals surface area contributed by atoms with Crippen molar-refractivity contribution in [3.63, 3.8) is 0 Å². The fraction of sp³-hybridized carbons (Fsp3) is 0.467. The molecule has 0 aliphatic heterocycles. The molecule has 0 aliphatic carbocycles. The maximum Gasteiger partial charge on any atom is 0.313 e. The van der Waals surface area contributed by atoms with Crippen molar-refractivity contribution < 1.29 is 22.7 Å². The van der Waals surface area contributed by atoms with Crippen molar-refractivity contribution in [2.45, 2.75) is 38.8 Å². The molecule has 1 atom stereocenters. The van der Waals surface area contributed by atoms with Gasteiger partial charge in [0.25, 0.3) is 0 Å². The van der Waals surface area contributed by atoms with Crippen LogP contribution in [-0.2, 0) is 24.3 Å². The van der Waals surface area contributed by atoms with E-state index in [1.807, 2.05) is 0 Å². The molecule has 0 saturated heterocycles. The highest BCUT2D eigenvalue weighted by Gasteiger charge is 2.23. The molecule has 0 spiro atoms. The molecule has 1 rings (SSSR count). The Kier molecular flexibility index (Phi) is 7.37. The lowest BCUT2D eigenvalue weighted by molar-refractivity contribution is -0.149. The van der Waals surface area contributed by atoms with Gasteiger partial charge in [-0.2, -0.15) is 0 Å². The molecule has 8 heteroatoms. The van der Waals surface area contributed by atoms with E-state index in [4.69, 9.17) is 4.74 Å². The maximum absolute atomic E-state index is 12.1. The Labute approximate surface area is 144 Å². The highest BCUT2D eigenvalue weighted by atomic mass is 79.9. The summed E-state index contributed by atoms with van der Waals surface area (Å²) in [4.78, 5) is 23.6. The van der Waals surface area contributed by atoms with E-state index in [2.05, 4.69) is 20.7 Å². The van der Waals surface area contributed by atoms with Gasteiger partial charge in [-0.05, 0) is 25.5 Å². The van der Waals surface area contributed by atoms with Crippen LogP contribution in [0, 0.1) is 0 Å². The van der Waals surface area contributed by atoms with Crippen molar-refractivity contribution in [3.05, 3.63) is 34.3 Å². The van der Waals surface area contributed by atoms with Gasteiger partial charge < -0.3 is 4.74 Å². The Morgan fingerprint density at radius 1 is 1.26 bits per heavy atom. The van der Waals surface area contributed by atoms with Gasteiger partial charge in [0.05, 0.1) is 18.4 Å². The fourth-order valence-electron chi connectivity index (χ4n) is 2.00. The number of ether oxygens (including phenoxy) is 1. The molecular weight excluding hydrogens is 386 g/mol. The zero-order valence-corrected chi connectivity index (χ0v) is 15.6. The number of rotatable bonds is 8. The lowest BCUT2D eigenvalue weighted by Gasteiger charge is -2.18. The van der Waals surface area contributed by atoms with Crippen LogP contribution in [-0.4, -0.2) is 32.5 Å². The Bertz CT molecular complexity index is 672. The quantitative estimate of drug-likeness (QED) is 0.529. The van der Waals surface area contributed by atoms with E-state index >= 15 is 0 Å². The van der Waals surface area contributed by atoms with Crippen molar-refractivity contribution in [2.75, 3.05) is 6.26 Å². The number of ketones is 1. The van der Waals surface area contributed by atoms with Crippen LogP contribution in [0.15, 0.2) is 28.7 Å². The van der Waals surface area contributed by atoms with Crippen LogP contribution in [0.2, 0.25) is 0 Å². The Hall–Kier alpha value is -1.25. The Balaban J connectivity index is 2.88. The zero-order chi connectivity index (χ0) is 17.6. The third-order valence-corrected chi connectivity index (χ3v) is 4.21. The molecule has 0 fully saturated rings. The maximum atomic E-state index is 12.1. The van der Waals surface area contributed by atoms with Crippen molar-refractivity contribution in [2.24, 2.45) is 0 Å². The van der Waals surface area contributed by atoms with Gasteiger partial charge in [0.2, 0.25) is 10.0 Å². The standard InChI is InChI=1S/C15H20BrNO5S/c1-10(2)22-15(19)9-11(18)8-14(17-23(3,20)21)12-6-4-5-7-13(12)16/h4-7,10,14,17H,8-9H2,1-3H3. The van der Waals surface area contributed by atoms with E-state index in [1.165, 1.54) is 0 Å². The topological polar surface area (TPSA) is 89.5 Å². The third kappa shape index (κ3) is 7.71. The van der Waals surface area contributed by atoms with Crippen LogP contribution in [0.25, 0.3) is 0 Å². The van der Waals surface area contributed by atoms with Gasteiger partial charge in [-0.25, -0.2) is 13.1 Å². The number of sulfonamides is 1. The molecule has 1 aromatic carbocycles. The van der Waals surface area contributed by atoms with Crippen LogP contribution in [0.3, 0.4) is 0 Å². The number of carbonyl (C=O) groups is 2. The van der Waals surface area contributed by atoms with E-state index in [0.717, 1.165) is 6.26 Å². The van der Waals surface area contributed by atoms with Crippen molar-refractivity contribution in [1.82, 2.24) is 4.72 Å². The molecule has 0 aliphatic rings. The second-order valence-electron chi connectivity index (χ2n) is 5.42. The second-order valence-corrected chi connectivity index (χ2v) is 8.06. The predicted molar refractivity (Wildman–Crippen MR) is 90.3 cm³/mol. The van der Waals surface area contributed by atoms with Gasteiger partial charge in [0.1, 0.15) is 12.2 Å². The average Bonchev–Trinajstić information content (AvgIpc) is 2.35. The van der Waals surface area contributed by atoms with E-state index in [1.54, 1.807) is 38.1 Å². The molecular formula is C15H20BrNO5S. The largest absolute Gasteiger partial charge is 0.463 e. The van der Waals surface area contributed by atoms with Crippen LogP contribution >= 0.6 is 15.9 Å². The Morgan fingerprint density at radius 2 is 1.87 bits per heavy atom. The van der Waals surface area contributed by atoms with E-state index in [-0.39, 0.29) is 18.9 Å². The second kappa shape index (κ2) is 8.56. The van der Waals surface area contributed by atoms with Crippen molar-refractivity contribution in [3.8, 4) is 0 Å². The lowest BCUT2D eigenvalue weighted by Crippen LogP contribution is -2.30. The summed E-state index contributed by atoms with van der Waals surface area (Å²) in [5, 5.41) is 0. The first kappa shape index (κ1) is 19.8. The Morgan fingerprint density at radius 3 is 2.39 bits per heavy atom. The lowest BCUT2D eigenvalue weighted by atomic mass is 10.0. The van der Waals surface area contributed by atoms with Gasteiger partial charge >= 0.3 is 5.97 Å². The van der Waals surface area contributed by atoms with Gasteiger partial charge in [0.15, 0.2) is 0 Å². The van der Waals surface area contributed by atoms with Crippen LogP contribution < -0.4 is 4.72 Å². The molecule has 128 valence electrons. The van der Waals surface area contributed by atoms with Crippen molar-refractivity contribution >= 4 is 37.7 Å². The molecule has 0 aromatic heterocycles. The number of hydrogen-bond donors (Lipinski definition) is 1. The normalized spacial score (nSPS) is 12.9. The van der Waals surface area contributed by atoms with Gasteiger partial charge in [-0.3, -0.25) is 9.59 Å². The first-order valence-corrected chi connectivity index (χ1v) is 9.70. The van der Waals surface area contributed by atoms with E-state index in [9.17, 15) is 18.0 Å². The summed E-state index contributed by atoms with van der Waals surface area (Å²) < 4.78 is 31.1. The van der Waals surface area contributed by atoms with Gasteiger partial charge in [-0.1, -0.05) is 34.1 Å². The number of esters is 1. The van der Waals surface area contributed by atoms with Crippen LogP contribution in [0.4, 0.5) is 0 Å². The van der Waals surface area contributed by atoms with Crippen molar-refractivity contribution in [1.29, 1.82) is 0 Å². The smallest absolute Gasteiger partial charge is 0.313 e. The summed E-state index contributed by atoms with van der Waals surface area (Å²) in [5.41, 5.74) is 0.628. The summed E-state index contributed by atoms with van der Waals surface area (Å²) >= 11 is 3.34. The molecule has 1 unspecified atom stereocenters. The minimum Gasteiger partial charge on any atom is -0.463 e. The molecule has 0 heterocycles. The average molecular weight is 406 g/mol. The SMILES string of the molecule is CC(C)OC(=O)CC(=O)CC(NS(C)(=O)=O)c1ccccc1Br. The minimum absolute atomic E-state index is 0.136. The van der Waals surface area contributed by atoms with Gasteiger partial charge in [0, 0.05) is 10.9 Å². The summed E-state index contributed by atoms with van der Waals surface area (Å²) in [6.45, 7) is 3.38. The van der Waals surface area contributed by atoms with E-state index in [0.29, 0.717) is 10.0 Å². The molecule has 0 amide bonds. The first-order valence-electron chi connectivity index (χ1n) is 7.01.